The van der Waals surface area contributed by atoms with Crippen LogP contribution in [0.4, 0.5) is 0 Å². The Hall–Kier alpha value is 0.430. The average molecular weight is 286 g/mol. The topological polar surface area (TPSA) is 37.3 Å². The Bertz CT molecular complexity index is 158. The number of carboxylic acids is 1. The molecule has 4 heteroatoms. The van der Waals surface area contributed by atoms with E-state index in [0.717, 1.165) is 25.7 Å². The van der Waals surface area contributed by atoms with Gasteiger partial charge in [-0.1, -0.05) is 31.9 Å². The van der Waals surface area contributed by atoms with Crippen molar-refractivity contribution >= 4 is 37.8 Å². The largest absolute Gasteiger partial charge is 0.481 e. The van der Waals surface area contributed by atoms with Crippen LogP contribution in [-0.4, -0.2) is 14.3 Å². The zero-order valence-corrected chi connectivity index (χ0v) is 9.19. The van der Waals surface area contributed by atoms with E-state index in [4.69, 9.17) is 5.11 Å². The minimum absolute atomic E-state index is 0.00590. The van der Waals surface area contributed by atoms with E-state index in [1.165, 1.54) is 0 Å². The minimum Gasteiger partial charge on any atom is -0.481 e. The van der Waals surface area contributed by atoms with Gasteiger partial charge in [0.05, 0.1) is 9.15 Å². The highest BCUT2D eigenvalue weighted by Crippen LogP contribution is 2.43. The summed E-state index contributed by atoms with van der Waals surface area (Å²) in [6, 6.07) is 0. The van der Waals surface area contributed by atoms with E-state index < -0.39 is 5.97 Å². The Morgan fingerprint density at radius 2 is 1.82 bits per heavy atom. The Balaban J connectivity index is 2.42. The molecular weight excluding hydrogens is 276 g/mol. The molecule has 1 rings (SSSR count). The van der Waals surface area contributed by atoms with Crippen molar-refractivity contribution in [2.24, 2.45) is 5.92 Å². The Morgan fingerprint density at radius 1 is 1.36 bits per heavy atom. The molecule has 0 aromatic carbocycles. The van der Waals surface area contributed by atoms with E-state index in [1.807, 2.05) is 0 Å². The summed E-state index contributed by atoms with van der Waals surface area (Å²) >= 11 is 6.99. The van der Waals surface area contributed by atoms with E-state index in [1.54, 1.807) is 0 Å². The van der Waals surface area contributed by atoms with Gasteiger partial charge in [0, 0.05) is 0 Å². The molecule has 0 atom stereocenters. The Labute approximate surface area is 82.6 Å². The van der Waals surface area contributed by atoms with Gasteiger partial charge in [-0.05, 0) is 25.7 Å². The monoisotopic (exact) mass is 284 g/mol. The second-order valence-electron chi connectivity index (χ2n) is 2.97. The molecule has 1 N–H and O–H groups in total. The molecule has 1 aliphatic carbocycles. The number of rotatable bonds is 1. The number of carboxylic acid groups (broad SMARTS) is 1. The third-order valence-electron chi connectivity index (χ3n) is 2.07. The van der Waals surface area contributed by atoms with Gasteiger partial charge in [-0.2, -0.15) is 0 Å². The molecule has 64 valence electrons. The maximum Gasteiger partial charge on any atom is 0.306 e. The first kappa shape index (κ1) is 9.52. The molecule has 0 aromatic heterocycles. The van der Waals surface area contributed by atoms with Crippen LogP contribution in [0.3, 0.4) is 0 Å². The zero-order valence-electron chi connectivity index (χ0n) is 6.02. The zero-order chi connectivity index (χ0) is 8.48. The van der Waals surface area contributed by atoms with E-state index in [9.17, 15) is 4.79 Å². The van der Waals surface area contributed by atoms with Crippen molar-refractivity contribution in [1.29, 1.82) is 0 Å². The van der Waals surface area contributed by atoms with Crippen molar-refractivity contribution in [1.82, 2.24) is 0 Å². The van der Waals surface area contributed by atoms with Gasteiger partial charge in [0.25, 0.3) is 0 Å². The third-order valence-corrected chi connectivity index (χ3v) is 3.65. The van der Waals surface area contributed by atoms with Crippen molar-refractivity contribution < 1.29 is 9.90 Å². The number of aliphatic carboxylic acids is 1. The molecule has 0 saturated heterocycles. The molecular formula is C7H10Br2O2. The van der Waals surface area contributed by atoms with Gasteiger partial charge in [0.2, 0.25) is 0 Å². The molecule has 1 saturated carbocycles. The second-order valence-corrected chi connectivity index (χ2v) is 7.07. The normalized spacial score (nSPS) is 24.9. The Kier molecular flexibility index (Phi) is 2.97. The van der Waals surface area contributed by atoms with Crippen LogP contribution in [0.5, 0.6) is 0 Å². The van der Waals surface area contributed by atoms with Crippen LogP contribution in [0.15, 0.2) is 0 Å². The van der Waals surface area contributed by atoms with E-state index in [2.05, 4.69) is 31.9 Å². The summed E-state index contributed by atoms with van der Waals surface area (Å²) in [4.78, 5) is 10.5. The molecule has 0 bridgehead atoms. The lowest BCUT2D eigenvalue weighted by Gasteiger charge is -2.28. The summed E-state index contributed by atoms with van der Waals surface area (Å²) < 4.78 is 0.00590. The van der Waals surface area contributed by atoms with Gasteiger partial charge in [-0.3, -0.25) is 4.79 Å². The van der Waals surface area contributed by atoms with Gasteiger partial charge in [0.15, 0.2) is 0 Å². The first-order valence-corrected chi connectivity index (χ1v) is 5.20. The fourth-order valence-electron chi connectivity index (χ4n) is 1.29. The lowest BCUT2D eigenvalue weighted by atomic mass is 9.89. The Morgan fingerprint density at radius 3 is 2.18 bits per heavy atom. The smallest absolute Gasteiger partial charge is 0.306 e. The summed E-state index contributed by atoms with van der Waals surface area (Å²) in [5.74, 6) is -0.779. The van der Waals surface area contributed by atoms with Crippen LogP contribution in [0.1, 0.15) is 25.7 Å². The predicted octanol–water partition coefficient (Wildman–Crippen LogP) is 2.75. The molecule has 0 amide bonds. The summed E-state index contributed by atoms with van der Waals surface area (Å²) in [6.45, 7) is 0. The minimum atomic E-state index is -0.652. The molecule has 0 spiro atoms. The lowest BCUT2D eigenvalue weighted by Crippen LogP contribution is -2.26. The highest BCUT2D eigenvalue weighted by atomic mass is 79.9. The van der Waals surface area contributed by atoms with Crippen LogP contribution in [0.2, 0.25) is 0 Å². The van der Waals surface area contributed by atoms with Crippen molar-refractivity contribution in [3.8, 4) is 0 Å². The fourth-order valence-corrected chi connectivity index (χ4v) is 2.20. The second kappa shape index (κ2) is 3.44. The SMILES string of the molecule is O=C(O)C1CCC(Br)(Br)CC1. The van der Waals surface area contributed by atoms with E-state index >= 15 is 0 Å². The number of halogens is 2. The predicted molar refractivity (Wildman–Crippen MR) is 50.2 cm³/mol. The van der Waals surface area contributed by atoms with Gasteiger partial charge >= 0.3 is 5.97 Å². The highest BCUT2D eigenvalue weighted by Gasteiger charge is 2.32. The molecule has 1 fully saturated rings. The van der Waals surface area contributed by atoms with Crippen molar-refractivity contribution in [3.05, 3.63) is 0 Å². The van der Waals surface area contributed by atoms with Crippen molar-refractivity contribution in [2.75, 3.05) is 0 Å². The van der Waals surface area contributed by atoms with E-state index in [-0.39, 0.29) is 9.15 Å². The van der Waals surface area contributed by atoms with Crippen molar-refractivity contribution in [3.63, 3.8) is 0 Å². The molecule has 0 radical (unpaired) electrons. The number of hydrogen-bond acceptors (Lipinski definition) is 1. The van der Waals surface area contributed by atoms with Crippen LogP contribution >= 0.6 is 31.9 Å². The number of hydrogen-bond donors (Lipinski definition) is 1. The maximum atomic E-state index is 10.5. The molecule has 2 nitrogen and oxygen atoms in total. The molecule has 0 unspecified atom stereocenters. The molecule has 0 aromatic rings. The summed E-state index contributed by atoms with van der Waals surface area (Å²) in [7, 11) is 0. The van der Waals surface area contributed by atoms with Crippen LogP contribution in [-0.2, 0) is 4.79 Å². The maximum absolute atomic E-state index is 10.5. The quantitative estimate of drug-likeness (QED) is 0.752. The van der Waals surface area contributed by atoms with Crippen LogP contribution in [0, 0.1) is 5.92 Å². The molecule has 11 heavy (non-hydrogen) atoms. The van der Waals surface area contributed by atoms with Crippen LogP contribution < -0.4 is 0 Å². The first-order chi connectivity index (χ1) is 5.01. The van der Waals surface area contributed by atoms with Gasteiger partial charge in [-0.25, -0.2) is 0 Å². The molecule has 1 aliphatic rings. The lowest BCUT2D eigenvalue weighted by molar-refractivity contribution is -0.142. The number of carbonyl (C=O) groups is 1. The van der Waals surface area contributed by atoms with E-state index in [0.29, 0.717) is 0 Å². The fraction of sp³-hybridized carbons (Fsp3) is 0.857. The van der Waals surface area contributed by atoms with Gasteiger partial charge < -0.3 is 5.11 Å². The van der Waals surface area contributed by atoms with Crippen LogP contribution in [0.25, 0.3) is 0 Å². The molecule has 0 aliphatic heterocycles. The third kappa shape index (κ3) is 2.75. The van der Waals surface area contributed by atoms with Crippen molar-refractivity contribution in [2.45, 2.75) is 28.9 Å². The summed E-state index contributed by atoms with van der Waals surface area (Å²) in [6.07, 6.45) is 3.32. The summed E-state index contributed by atoms with van der Waals surface area (Å²) in [5, 5.41) is 8.68. The highest BCUT2D eigenvalue weighted by molar-refractivity contribution is 9.25. The standard InChI is InChI=1S/C7H10Br2O2/c8-7(9)3-1-5(2-4-7)6(10)11/h5H,1-4H2,(H,10,11). The molecule has 0 heterocycles. The summed E-state index contributed by atoms with van der Waals surface area (Å²) in [5.41, 5.74) is 0. The number of alkyl halides is 2. The average Bonchev–Trinajstić information content (AvgIpc) is 1.86. The first-order valence-electron chi connectivity index (χ1n) is 3.62. The van der Waals surface area contributed by atoms with Gasteiger partial charge in [0.1, 0.15) is 0 Å². The van der Waals surface area contributed by atoms with Gasteiger partial charge in [-0.15, -0.1) is 0 Å².